The maximum Gasteiger partial charge on any atom is 0.261 e. The zero-order valence-corrected chi connectivity index (χ0v) is 21.5. The number of imidazole rings is 1. The molecule has 1 fully saturated rings. The molecule has 0 spiro atoms. The van der Waals surface area contributed by atoms with Gasteiger partial charge < -0.3 is 9.88 Å². The van der Waals surface area contributed by atoms with Gasteiger partial charge in [-0.15, -0.1) is 0 Å². The maximum absolute atomic E-state index is 13.6. The molecule has 1 saturated heterocycles. The first-order valence-electron chi connectivity index (χ1n) is 12.4. The van der Waals surface area contributed by atoms with E-state index in [1.807, 2.05) is 49.3 Å². The summed E-state index contributed by atoms with van der Waals surface area (Å²) < 4.78 is 27.3. The molecule has 0 aromatic carbocycles. The van der Waals surface area contributed by atoms with Gasteiger partial charge in [0.2, 0.25) is 0 Å². The molecule has 0 aliphatic carbocycles. The van der Waals surface area contributed by atoms with Crippen molar-refractivity contribution in [3.63, 3.8) is 0 Å². The summed E-state index contributed by atoms with van der Waals surface area (Å²) in [6, 6.07) is 7.58. The lowest BCUT2D eigenvalue weighted by atomic mass is 10.1. The van der Waals surface area contributed by atoms with Gasteiger partial charge in [-0.1, -0.05) is 0 Å². The van der Waals surface area contributed by atoms with Crippen LogP contribution in [0.2, 0.25) is 0 Å². The summed E-state index contributed by atoms with van der Waals surface area (Å²) in [6.45, 7) is 5.96. The van der Waals surface area contributed by atoms with Crippen molar-refractivity contribution in [2.75, 3.05) is 25.0 Å². The first kappa shape index (κ1) is 24.7. The standard InChI is InChI=1S/C27H26F2N10/c1-16(30-2)13-38(3)26-23-20(6-8-32-26)34-25(35-23)24-22-21(36-37-24)5-4-19(33-22)18-10-17(11-31-12-18)14-39-9-7-27(28,29)15-39/h4-6,8,10-13H,2,7,9,14-15H2,1,3H3,(H,34,35)(H,36,37)/b16-13-. The van der Waals surface area contributed by atoms with Crippen molar-refractivity contribution in [3.05, 3.63) is 60.3 Å². The van der Waals surface area contributed by atoms with Gasteiger partial charge in [-0.2, -0.15) is 5.10 Å². The minimum absolute atomic E-state index is 0.111. The number of halogens is 2. The Labute approximate surface area is 222 Å². The van der Waals surface area contributed by atoms with Gasteiger partial charge in [0.1, 0.15) is 11.0 Å². The van der Waals surface area contributed by atoms with Crippen molar-refractivity contribution in [2.45, 2.75) is 25.8 Å². The van der Waals surface area contributed by atoms with Crippen LogP contribution < -0.4 is 4.90 Å². The fraction of sp³-hybridized carbons (Fsp3) is 0.259. The molecule has 6 heterocycles. The molecule has 0 amide bonds. The van der Waals surface area contributed by atoms with Crippen molar-refractivity contribution in [2.24, 2.45) is 4.99 Å². The van der Waals surface area contributed by atoms with Crippen molar-refractivity contribution in [1.82, 2.24) is 40.0 Å². The Hall–Kier alpha value is -4.58. The zero-order chi connectivity index (χ0) is 27.1. The van der Waals surface area contributed by atoms with Crippen LogP contribution >= 0.6 is 0 Å². The fourth-order valence-electron chi connectivity index (χ4n) is 4.81. The summed E-state index contributed by atoms with van der Waals surface area (Å²) in [6.07, 6.45) is 6.86. The van der Waals surface area contributed by atoms with Crippen LogP contribution in [0.15, 0.2) is 59.7 Å². The van der Waals surface area contributed by atoms with E-state index in [1.54, 1.807) is 23.5 Å². The number of pyridine rings is 3. The molecule has 0 radical (unpaired) electrons. The van der Waals surface area contributed by atoms with Gasteiger partial charge in [-0.3, -0.25) is 20.0 Å². The third-order valence-electron chi connectivity index (χ3n) is 6.72. The number of hydrogen-bond donors (Lipinski definition) is 2. The van der Waals surface area contributed by atoms with Gasteiger partial charge in [0.25, 0.3) is 5.92 Å². The molecule has 1 aliphatic rings. The molecule has 5 aromatic rings. The van der Waals surface area contributed by atoms with Gasteiger partial charge in [0.15, 0.2) is 17.3 Å². The number of aromatic amines is 2. The predicted octanol–water partition coefficient (Wildman–Crippen LogP) is 4.80. The Kier molecular flexibility index (Phi) is 6.10. The maximum atomic E-state index is 13.6. The number of nitrogens with one attached hydrogen (secondary N) is 2. The lowest BCUT2D eigenvalue weighted by Crippen LogP contribution is -2.24. The Morgan fingerprint density at radius 3 is 2.87 bits per heavy atom. The average Bonchev–Trinajstić information content (AvgIpc) is 3.63. The summed E-state index contributed by atoms with van der Waals surface area (Å²) in [5.41, 5.74) is 6.55. The van der Waals surface area contributed by atoms with Crippen molar-refractivity contribution >= 4 is 34.6 Å². The molecule has 0 bridgehead atoms. The summed E-state index contributed by atoms with van der Waals surface area (Å²) >= 11 is 0. The molecule has 1 aliphatic heterocycles. The number of likely N-dealkylation sites (tertiary alicyclic amines) is 1. The molecule has 5 aromatic heterocycles. The number of anilines is 1. The highest BCUT2D eigenvalue weighted by molar-refractivity contribution is 5.94. The number of aliphatic imine (C=N–C) groups is 1. The van der Waals surface area contributed by atoms with Gasteiger partial charge in [0, 0.05) is 56.9 Å². The lowest BCUT2D eigenvalue weighted by Gasteiger charge is -2.15. The minimum atomic E-state index is -2.63. The van der Waals surface area contributed by atoms with E-state index in [9.17, 15) is 8.78 Å². The molecule has 10 nitrogen and oxygen atoms in total. The zero-order valence-electron chi connectivity index (χ0n) is 21.5. The fourth-order valence-corrected chi connectivity index (χ4v) is 4.81. The third-order valence-corrected chi connectivity index (χ3v) is 6.72. The van der Waals surface area contributed by atoms with E-state index in [2.05, 4.69) is 36.9 Å². The van der Waals surface area contributed by atoms with Crippen LogP contribution in [-0.4, -0.2) is 72.8 Å². The summed E-state index contributed by atoms with van der Waals surface area (Å²) in [7, 11) is 1.88. The summed E-state index contributed by atoms with van der Waals surface area (Å²) in [5, 5.41) is 7.51. The molecule has 0 unspecified atom stereocenters. The van der Waals surface area contributed by atoms with Crippen molar-refractivity contribution in [1.29, 1.82) is 0 Å². The number of H-pyrrole nitrogens is 2. The number of fused-ring (bicyclic) bond motifs is 2. The molecule has 198 valence electrons. The Balaban J connectivity index is 1.34. The topological polar surface area (TPSA) is 115 Å². The monoisotopic (exact) mass is 528 g/mol. The number of aromatic nitrogens is 7. The minimum Gasteiger partial charge on any atom is -0.336 e. The molecular weight excluding hydrogens is 502 g/mol. The molecule has 0 atom stereocenters. The summed E-state index contributed by atoms with van der Waals surface area (Å²) in [5.74, 6) is -1.42. The van der Waals surface area contributed by atoms with Crippen LogP contribution in [0.4, 0.5) is 14.6 Å². The van der Waals surface area contributed by atoms with E-state index in [-0.39, 0.29) is 13.0 Å². The van der Waals surface area contributed by atoms with Gasteiger partial charge >= 0.3 is 0 Å². The Bertz CT molecular complexity index is 1720. The van der Waals surface area contributed by atoms with E-state index in [4.69, 9.17) is 9.97 Å². The number of alkyl halides is 2. The van der Waals surface area contributed by atoms with Crippen molar-refractivity contribution in [3.8, 4) is 22.8 Å². The first-order valence-corrected chi connectivity index (χ1v) is 12.4. The Morgan fingerprint density at radius 2 is 2.08 bits per heavy atom. The van der Waals surface area contributed by atoms with Crippen LogP contribution in [0.25, 0.3) is 44.8 Å². The van der Waals surface area contributed by atoms with Crippen LogP contribution in [0.5, 0.6) is 0 Å². The SMILES string of the molecule is C=N/C(C)=C\N(C)c1nccc2[nH]c(-c3n[nH]c4ccc(-c5cncc(CN6CCC(F)(F)C6)c5)nc34)nc12. The van der Waals surface area contributed by atoms with Gasteiger partial charge in [0.05, 0.1) is 29.0 Å². The summed E-state index contributed by atoms with van der Waals surface area (Å²) in [4.78, 5) is 29.4. The largest absolute Gasteiger partial charge is 0.336 e. The van der Waals surface area contributed by atoms with Gasteiger partial charge in [-0.25, -0.2) is 23.7 Å². The molecule has 2 N–H and O–H groups in total. The second-order valence-corrected chi connectivity index (χ2v) is 9.72. The van der Waals surface area contributed by atoms with Crippen LogP contribution in [0.3, 0.4) is 0 Å². The number of hydrogen-bond acceptors (Lipinski definition) is 8. The van der Waals surface area contributed by atoms with E-state index >= 15 is 0 Å². The molecular formula is C27H26F2N10. The van der Waals surface area contributed by atoms with Crippen molar-refractivity contribution < 1.29 is 8.78 Å². The highest BCUT2D eigenvalue weighted by Crippen LogP contribution is 2.31. The number of allylic oxidation sites excluding steroid dienone is 1. The molecule has 0 saturated carbocycles. The molecule has 6 rings (SSSR count). The number of nitrogens with zero attached hydrogens (tertiary/aromatic N) is 8. The van der Waals surface area contributed by atoms with E-state index in [0.717, 1.165) is 27.9 Å². The molecule has 39 heavy (non-hydrogen) atoms. The van der Waals surface area contributed by atoms with E-state index in [0.29, 0.717) is 47.2 Å². The normalized spacial score (nSPS) is 15.8. The van der Waals surface area contributed by atoms with Crippen LogP contribution in [0, 0.1) is 0 Å². The third kappa shape index (κ3) is 4.86. The average molecular weight is 529 g/mol. The van der Waals surface area contributed by atoms with Gasteiger partial charge in [-0.05, 0) is 43.5 Å². The van der Waals surface area contributed by atoms with E-state index < -0.39 is 5.92 Å². The van der Waals surface area contributed by atoms with E-state index in [1.165, 1.54) is 0 Å². The lowest BCUT2D eigenvalue weighted by molar-refractivity contribution is 0.0115. The highest BCUT2D eigenvalue weighted by Gasteiger charge is 2.37. The second kappa shape index (κ2) is 9.62. The van der Waals surface area contributed by atoms with Crippen LogP contribution in [0.1, 0.15) is 18.9 Å². The Morgan fingerprint density at radius 1 is 1.21 bits per heavy atom. The molecule has 12 heteroatoms. The smallest absolute Gasteiger partial charge is 0.261 e. The number of rotatable bonds is 7. The highest BCUT2D eigenvalue weighted by atomic mass is 19.3. The second-order valence-electron chi connectivity index (χ2n) is 9.72. The van der Waals surface area contributed by atoms with Crippen LogP contribution in [-0.2, 0) is 6.54 Å². The quantitative estimate of drug-likeness (QED) is 0.292. The predicted molar refractivity (Wildman–Crippen MR) is 147 cm³/mol. The first-order chi connectivity index (χ1) is 18.8.